The van der Waals surface area contributed by atoms with Gasteiger partial charge in [-0.3, -0.25) is 9.59 Å². The first-order valence-corrected chi connectivity index (χ1v) is 6.93. The smallest absolute Gasteiger partial charge is 0.263 e. The fraction of sp³-hybridized carbons (Fsp3) is 0.538. The fourth-order valence-electron chi connectivity index (χ4n) is 1.54. The van der Waals surface area contributed by atoms with E-state index in [2.05, 4.69) is 5.32 Å². The number of thiophene rings is 1. The lowest BCUT2D eigenvalue weighted by atomic mass is 10.3. The highest BCUT2D eigenvalue weighted by molar-refractivity contribution is 7.14. The molecule has 2 amide bonds. The van der Waals surface area contributed by atoms with E-state index in [0.29, 0.717) is 24.6 Å². The van der Waals surface area contributed by atoms with Crippen LogP contribution in [-0.2, 0) is 16.1 Å². The van der Waals surface area contributed by atoms with Crippen LogP contribution >= 0.6 is 11.3 Å². The van der Waals surface area contributed by atoms with Gasteiger partial charge in [0.05, 0.1) is 11.4 Å². The summed E-state index contributed by atoms with van der Waals surface area (Å²) >= 11 is 1.41. The molecule has 1 heterocycles. The molecule has 0 spiro atoms. The highest BCUT2D eigenvalue weighted by Crippen LogP contribution is 2.18. The maximum absolute atomic E-state index is 12.1. The first-order chi connectivity index (χ1) is 9.04. The average Bonchev–Trinajstić information content (AvgIpc) is 2.84. The van der Waals surface area contributed by atoms with Crippen LogP contribution < -0.4 is 5.32 Å². The molecule has 0 atom stereocenters. The summed E-state index contributed by atoms with van der Waals surface area (Å²) in [4.78, 5) is 26.3. The highest BCUT2D eigenvalue weighted by atomic mass is 32.1. The number of ether oxygens (including phenoxy) is 1. The Kier molecular flexibility index (Phi) is 6.52. The first kappa shape index (κ1) is 15.7. The third-order valence-corrected chi connectivity index (χ3v) is 3.65. The molecule has 19 heavy (non-hydrogen) atoms. The molecule has 1 N–H and O–H groups in total. The maximum Gasteiger partial charge on any atom is 0.263 e. The van der Waals surface area contributed by atoms with Crippen molar-refractivity contribution in [1.29, 1.82) is 0 Å². The van der Waals surface area contributed by atoms with Crippen LogP contribution in [0.2, 0.25) is 0 Å². The summed E-state index contributed by atoms with van der Waals surface area (Å²) in [5, 5.41) is 2.72. The van der Waals surface area contributed by atoms with Gasteiger partial charge < -0.3 is 15.0 Å². The van der Waals surface area contributed by atoms with Gasteiger partial charge in [0.15, 0.2) is 0 Å². The van der Waals surface area contributed by atoms with Crippen molar-refractivity contribution in [3.05, 3.63) is 21.9 Å². The predicted molar refractivity (Wildman–Crippen MR) is 75.3 cm³/mol. The van der Waals surface area contributed by atoms with Crippen LogP contribution in [0, 0.1) is 0 Å². The van der Waals surface area contributed by atoms with Gasteiger partial charge in [-0.05, 0) is 18.6 Å². The number of hydrogen-bond acceptors (Lipinski definition) is 4. The maximum atomic E-state index is 12.1. The zero-order chi connectivity index (χ0) is 14.3. The first-order valence-electron chi connectivity index (χ1n) is 6.12. The normalized spacial score (nSPS) is 10.3. The summed E-state index contributed by atoms with van der Waals surface area (Å²) in [5.41, 5.74) is 0. The van der Waals surface area contributed by atoms with E-state index in [4.69, 9.17) is 4.74 Å². The number of hydrogen-bond donors (Lipinski definition) is 1. The molecule has 0 aliphatic heterocycles. The van der Waals surface area contributed by atoms with Gasteiger partial charge in [0.2, 0.25) is 5.91 Å². The molecular weight excluding hydrogens is 264 g/mol. The lowest BCUT2D eigenvalue weighted by Gasteiger charge is -2.15. The summed E-state index contributed by atoms with van der Waals surface area (Å²) in [5.74, 6) is -0.0619. The van der Waals surface area contributed by atoms with E-state index in [1.54, 1.807) is 25.1 Å². The third-order valence-electron chi connectivity index (χ3n) is 2.57. The Morgan fingerprint density at radius 3 is 2.79 bits per heavy atom. The van der Waals surface area contributed by atoms with Crippen molar-refractivity contribution in [2.75, 3.05) is 27.3 Å². The Morgan fingerprint density at radius 2 is 2.16 bits per heavy atom. The Hall–Kier alpha value is -1.40. The predicted octanol–water partition coefficient (Wildman–Crippen LogP) is 1.49. The van der Waals surface area contributed by atoms with Gasteiger partial charge in [0.25, 0.3) is 5.91 Å². The molecule has 0 fully saturated rings. The van der Waals surface area contributed by atoms with E-state index in [1.165, 1.54) is 18.3 Å². The van der Waals surface area contributed by atoms with Crippen molar-refractivity contribution < 1.29 is 14.3 Å². The van der Waals surface area contributed by atoms with Gasteiger partial charge in [-0.2, -0.15) is 0 Å². The third kappa shape index (κ3) is 5.40. The molecular formula is C13H20N2O3S. The van der Waals surface area contributed by atoms with Crippen LogP contribution in [0.3, 0.4) is 0 Å². The summed E-state index contributed by atoms with van der Waals surface area (Å²) in [6.45, 7) is 3.27. The molecule has 0 aliphatic carbocycles. The molecule has 0 saturated heterocycles. The van der Waals surface area contributed by atoms with Crippen LogP contribution in [0.4, 0.5) is 0 Å². The largest absolute Gasteiger partial charge is 0.385 e. The number of rotatable bonds is 7. The van der Waals surface area contributed by atoms with E-state index in [0.717, 1.165) is 11.3 Å². The summed E-state index contributed by atoms with van der Waals surface area (Å²) in [6, 6.07) is 3.67. The number of amides is 2. The van der Waals surface area contributed by atoms with Crippen LogP contribution in [0.25, 0.3) is 0 Å². The molecule has 0 saturated carbocycles. The SMILES string of the molecule is COCCCN(C)C(=O)c1ccc(CNC(C)=O)s1. The molecule has 0 bridgehead atoms. The van der Waals surface area contributed by atoms with E-state index in [1.807, 2.05) is 6.07 Å². The van der Waals surface area contributed by atoms with E-state index in [9.17, 15) is 9.59 Å². The molecule has 1 aromatic rings. The second-order valence-corrected chi connectivity index (χ2v) is 5.42. The number of carbonyl (C=O) groups excluding carboxylic acids is 2. The molecule has 0 aromatic carbocycles. The molecule has 6 heteroatoms. The van der Waals surface area contributed by atoms with E-state index < -0.39 is 0 Å². The van der Waals surface area contributed by atoms with Crippen molar-refractivity contribution in [3.63, 3.8) is 0 Å². The topological polar surface area (TPSA) is 58.6 Å². The number of carbonyl (C=O) groups is 2. The molecule has 0 aliphatic rings. The monoisotopic (exact) mass is 284 g/mol. The zero-order valence-corrected chi connectivity index (χ0v) is 12.4. The fourth-order valence-corrected chi connectivity index (χ4v) is 2.48. The minimum absolute atomic E-state index is 0.00942. The quantitative estimate of drug-likeness (QED) is 0.772. The summed E-state index contributed by atoms with van der Waals surface area (Å²) in [7, 11) is 3.43. The molecule has 1 rings (SSSR count). The molecule has 0 unspecified atom stereocenters. The molecule has 0 radical (unpaired) electrons. The lowest BCUT2D eigenvalue weighted by Crippen LogP contribution is -2.27. The molecule has 1 aromatic heterocycles. The minimum atomic E-state index is -0.0713. The second kappa shape index (κ2) is 7.91. The molecule has 106 valence electrons. The standard InChI is InChI=1S/C13H20N2O3S/c1-10(16)14-9-11-5-6-12(19-11)13(17)15(2)7-4-8-18-3/h5-6H,4,7-9H2,1-3H3,(H,14,16). The minimum Gasteiger partial charge on any atom is -0.385 e. The van der Waals surface area contributed by atoms with E-state index >= 15 is 0 Å². The van der Waals surface area contributed by atoms with Crippen molar-refractivity contribution in [2.24, 2.45) is 0 Å². The van der Waals surface area contributed by atoms with Gasteiger partial charge in [0, 0.05) is 39.1 Å². The van der Waals surface area contributed by atoms with Gasteiger partial charge in [-0.1, -0.05) is 0 Å². The Labute approximate surface area is 117 Å². The van der Waals surface area contributed by atoms with Crippen molar-refractivity contribution >= 4 is 23.2 Å². The van der Waals surface area contributed by atoms with Gasteiger partial charge >= 0.3 is 0 Å². The van der Waals surface area contributed by atoms with Gasteiger partial charge in [0.1, 0.15) is 0 Å². The number of nitrogens with one attached hydrogen (secondary N) is 1. The van der Waals surface area contributed by atoms with Crippen LogP contribution in [0.1, 0.15) is 27.9 Å². The zero-order valence-electron chi connectivity index (χ0n) is 11.6. The summed E-state index contributed by atoms with van der Waals surface area (Å²) < 4.78 is 4.96. The second-order valence-electron chi connectivity index (χ2n) is 4.25. The van der Waals surface area contributed by atoms with Crippen LogP contribution in [0.5, 0.6) is 0 Å². The Bertz CT molecular complexity index is 431. The highest BCUT2D eigenvalue weighted by Gasteiger charge is 2.13. The van der Waals surface area contributed by atoms with Crippen LogP contribution in [-0.4, -0.2) is 44.0 Å². The number of methoxy groups -OCH3 is 1. The number of nitrogens with zero attached hydrogens (tertiary/aromatic N) is 1. The molecule has 5 nitrogen and oxygen atoms in total. The Morgan fingerprint density at radius 1 is 1.42 bits per heavy atom. The van der Waals surface area contributed by atoms with E-state index in [-0.39, 0.29) is 11.8 Å². The Balaban J connectivity index is 2.50. The van der Waals surface area contributed by atoms with Crippen LogP contribution in [0.15, 0.2) is 12.1 Å². The van der Waals surface area contributed by atoms with Crippen molar-refractivity contribution in [2.45, 2.75) is 19.9 Å². The van der Waals surface area contributed by atoms with Gasteiger partial charge in [-0.15, -0.1) is 11.3 Å². The summed E-state index contributed by atoms with van der Waals surface area (Å²) in [6.07, 6.45) is 0.822. The lowest BCUT2D eigenvalue weighted by molar-refractivity contribution is -0.119. The van der Waals surface area contributed by atoms with Crippen molar-refractivity contribution in [1.82, 2.24) is 10.2 Å². The van der Waals surface area contributed by atoms with Crippen molar-refractivity contribution in [3.8, 4) is 0 Å². The average molecular weight is 284 g/mol. The van der Waals surface area contributed by atoms with Gasteiger partial charge in [-0.25, -0.2) is 0 Å².